The number of aromatic nitrogens is 1. The molecule has 0 saturated heterocycles. The largest absolute Gasteiger partial charge is 0.366 e. The highest BCUT2D eigenvalue weighted by atomic mass is 35.5. The third kappa shape index (κ3) is 3.12. The normalized spacial score (nSPS) is 12.6. The van der Waals surface area contributed by atoms with Crippen molar-refractivity contribution in [3.8, 4) is 0 Å². The Balaban J connectivity index is 2.59. The fraction of sp³-hybridized carbons (Fsp3) is 0.444. The Morgan fingerprint density at radius 2 is 2.43 bits per heavy atom. The smallest absolute Gasteiger partial charge is 0.166 e. The van der Waals surface area contributed by atoms with Gasteiger partial charge < -0.3 is 11.1 Å². The van der Waals surface area contributed by atoms with Crippen molar-refractivity contribution in [1.82, 2.24) is 4.98 Å². The average molecular weight is 218 g/mol. The Labute approximate surface area is 87.5 Å². The summed E-state index contributed by atoms with van der Waals surface area (Å²) in [6.07, 6.45) is 2.23. The first kappa shape index (κ1) is 11.2. The van der Waals surface area contributed by atoms with Gasteiger partial charge in [0.2, 0.25) is 0 Å². The maximum Gasteiger partial charge on any atom is 0.166 e. The molecule has 1 atom stereocenters. The summed E-state index contributed by atoms with van der Waals surface area (Å²) in [6, 6.07) is 1.22. The number of hydrogen-bond acceptors (Lipinski definition) is 3. The van der Waals surface area contributed by atoms with Crippen LogP contribution in [0, 0.1) is 5.82 Å². The van der Waals surface area contributed by atoms with Gasteiger partial charge in [0, 0.05) is 18.8 Å². The van der Waals surface area contributed by atoms with Gasteiger partial charge in [-0.2, -0.15) is 0 Å². The van der Waals surface area contributed by atoms with E-state index in [0.717, 1.165) is 6.42 Å². The van der Waals surface area contributed by atoms with Crippen molar-refractivity contribution >= 4 is 17.4 Å². The zero-order valence-electron chi connectivity index (χ0n) is 7.93. The van der Waals surface area contributed by atoms with Gasteiger partial charge in [0.1, 0.15) is 0 Å². The van der Waals surface area contributed by atoms with Crippen LogP contribution >= 0.6 is 11.6 Å². The molecule has 1 aromatic heterocycles. The van der Waals surface area contributed by atoms with Crippen LogP contribution in [0.15, 0.2) is 12.3 Å². The van der Waals surface area contributed by atoms with E-state index < -0.39 is 5.82 Å². The first-order valence-corrected chi connectivity index (χ1v) is 4.81. The molecular formula is C9H13ClFN3. The van der Waals surface area contributed by atoms with Crippen molar-refractivity contribution < 1.29 is 4.39 Å². The lowest BCUT2D eigenvalue weighted by atomic mass is 10.2. The first-order chi connectivity index (χ1) is 6.63. The van der Waals surface area contributed by atoms with E-state index >= 15 is 0 Å². The highest BCUT2D eigenvalue weighted by molar-refractivity contribution is 6.30. The maximum absolute atomic E-state index is 13.2. The van der Waals surface area contributed by atoms with Crippen molar-refractivity contribution in [2.45, 2.75) is 19.4 Å². The van der Waals surface area contributed by atoms with E-state index in [9.17, 15) is 4.39 Å². The third-order valence-corrected chi connectivity index (χ3v) is 2.07. The van der Waals surface area contributed by atoms with Gasteiger partial charge in [0.05, 0.1) is 5.02 Å². The second-order valence-electron chi connectivity index (χ2n) is 3.03. The average Bonchev–Trinajstić information content (AvgIpc) is 2.16. The van der Waals surface area contributed by atoms with Crippen LogP contribution in [0.2, 0.25) is 5.02 Å². The van der Waals surface area contributed by atoms with Gasteiger partial charge in [-0.3, -0.25) is 0 Å². The lowest BCUT2D eigenvalue weighted by Crippen LogP contribution is -2.28. The minimum atomic E-state index is -0.458. The van der Waals surface area contributed by atoms with E-state index in [4.69, 9.17) is 17.3 Å². The van der Waals surface area contributed by atoms with Gasteiger partial charge >= 0.3 is 0 Å². The van der Waals surface area contributed by atoms with Crippen LogP contribution < -0.4 is 11.1 Å². The monoisotopic (exact) mass is 217 g/mol. The number of nitrogens with zero attached hydrogens (tertiary/aromatic N) is 1. The molecule has 0 amide bonds. The Hall–Kier alpha value is -0.870. The minimum Gasteiger partial charge on any atom is -0.366 e. The molecule has 0 saturated carbocycles. The van der Waals surface area contributed by atoms with E-state index in [2.05, 4.69) is 10.3 Å². The predicted molar refractivity (Wildman–Crippen MR) is 56.0 cm³/mol. The quantitative estimate of drug-likeness (QED) is 0.812. The van der Waals surface area contributed by atoms with Gasteiger partial charge in [0.25, 0.3) is 0 Å². The maximum atomic E-state index is 13.2. The van der Waals surface area contributed by atoms with Crippen LogP contribution in [0.4, 0.5) is 10.2 Å². The van der Waals surface area contributed by atoms with Crippen LogP contribution in [0.5, 0.6) is 0 Å². The third-order valence-electron chi connectivity index (χ3n) is 1.86. The first-order valence-electron chi connectivity index (χ1n) is 4.44. The molecule has 0 bridgehead atoms. The Kier molecular flexibility index (Phi) is 4.10. The zero-order valence-corrected chi connectivity index (χ0v) is 8.68. The number of halogens is 2. The molecule has 0 aromatic carbocycles. The van der Waals surface area contributed by atoms with Gasteiger partial charge in [-0.25, -0.2) is 9.37 Å². The summed E-state index contributed by atoms with van der Waals surface area (Å²) < 4.78 is 13.2. The molecule has 0 spiro atoms. The number of pyridine rings is 1. The molecule has 3 N–H and O–H groups in total. The number of hydrogen-bond donors (Lipinski definition) is 2. The summed E-state index contributed by atoms with van der Waals surface area (Å²) >= 11 is 5.55. The van der Waals surface area contributed by atoms with Gasteiger partial charge in [-0.15, -0.1) is 0 Å². The molecule has 0 aliphatic rings. The summed E-state index contributed by atoms with van der Waals surface area (Å²) in [5.41, 5.74) is 5.66. The molecule has 0 aliphatic carbocycles. The van der Waals surface area contributed by atoms with Crippen molar-refractivity contribution in [1.29, 1.82) is 0 Å². The number of rotatable bonds is 4. The molecule has 1 heterocycles. The van der Waals surface area contributed by atoms with Crippen molar-refractivity contribution in [3.05, 3.63) is 23.1 Å². The molecule has 1 unspecified atom stereocenters. The molecule has 14 heavy (non-hydrogen) atoms. The van der Waals surface area contributed by atoms with E-state index in [1.165, 1.54) is 12.3 Å². The summed E-state index contributed by atoms with van der Waals surface area (Å²) in [6.45, 7) is 2.47. The Bertz CT molecular complexity index is 306. The van der Waals surface area contributed by atoms with Crippen LogP contribution in [-0.4, -0.2) is 17.6 Å². The molecule has 1 aromatic rings. The fourth-order valence-corrected chi connectivity index (χ4v) is 1.06. The number of nitrogens with two attached hydrogens (primary N) is 1. The minimum absolute atomic E-state index is 0.00637. The fourth-order valence-electron chi connectivity index (χ4n) is 0.917. The predicted octanol–water partition coefficient (Wildman–Crippen LogP) is 2.02. The second-order valence-corrected chi connectivity index (χ2v) is 3.47. The Morgan fingerprint density at radius 3 is 3.00 bits per heavy atom. The van der Waals surface area contributed by atoms with Crippen molar-refractivity contribution in [2.75, 3.05) is 11.9 Å². The lowest BCUT2D eigenvalue weighted by molar-refractivity contribution is 0.618. The Morgan fingerprint density at radius 1 is 1.71 bits per heavy atom. The van der Waals surface area contributed by atoms with Gasteiger partial charge in [-0.05, 0) is 12.5 Å². The van der Waals surface area contributed by atoms with Crippen LogP contribution in [0.1, 0.15) is 13.3 Å². The topological polar surface area (TPSA) is 50.9 Å². The van der Waals surface area contributed by atoms with E-state index in [0.29, 0.717) is 6.54 Å². The molecule has 78 valence electrons. The van der Waals surface area contributed by atoms with Crippen molar-refractivity contribution in [2.24, 2.45) is 5.73 Å². The number of nitrogens with one attached hydrogen (secondary N) is 1. The lowest BCUT2D eigenvalue weighted by Gasteiger charge is -2.11. The highest BCUT2D eigenvalue weighted by Gasteiger charge is 2.05. The molecule has 0 radical (unpaired) electrons. The summed E-state index contributed by atoms with van der Waals surface area (Å²) in [4.78, 5) is 3.81. The van der Waals surface area contributed by atoms with Gasteiger partial charge in [0.15, 0.2) is 11.6 Å². The van der Waals surface area contributed by atoms with Crippen molar-refractivity contribution in [3.63, 3.8) is 0 Å². The van der Waals surface area contributed by atoms with Crippen LogP contribution in [0.3, 0.4) is 0 Å². The molecule has 0 fully saturated rings. The van der Waals surface area contributed by atoms with E-state index in [1.54, 1.807) is 0 Å². The van der Waals surface area contributed by atoms with Gasteiger partial charge in [-0.1, -0.05) is 18.5 Å². The van der Waals surface area contributed by atoms with E-state index in [-0.39, 0.29) is 16.9 Å². The highest BCUT2D eigenvalue weighted by Crippen LogP contribution is 2.15. The zero-order chi connectivity index (χ0) is 10.6. The van der Waals surface area contributed by atoms with Crippen LogP contribution in [0.25, 0.3) is 0 Å². The number of anilines is 1. The molecule has 0 aliphatic heterocycles. The summed E-state index contributed by atoms with van der Waals surface area (Å²) in [7, 11) is 0. The van der Waals surface area contributed by atoms with E-state index in [1.807, 2.05) is 6.92 Å². The molecule has 5 heteroatoms. The van der Waals surface area contributed by atoms with Crippen LogP contribution in [-0.2, 0) is 0 Å². The second kappa shape index (κ2) is 5.12. The SMILES string of the molecule is CCC(N)CNc1ncc(Cl)cc1F. The molecule has 1 rings (SSSR count). The summed E-state index contributed by atoms with van der Waals surface area (Å²) in [5.74, 6) is -0.265. The summed E-state index contributed by atoms with van der Waals surface area (Å²) in [5, 5.41) is 3.11. The molecular weight excluding hydrogens is 205 g/mol. The molecule has 3 nitrogen and oxygen atoms in total. The standard InChI is InChI=1S/C9H13ClFN3/c1-2-7(12)5-14-9-8(11)3-6(10)4-13-9/h3-4,7H,2,5,12H2,1H3,(H,13,14).